The Kier molecular flexibility index (Phi) is 4.06. The molecule has 21 heavy (non-hydrogen) atoms. The molecule has 6 heteroatoms. The lowest BCUT2D eigenvalue weighted by molar-refractivity contribution is -0.140. The number of halogens is 5. The van der Waals surface area contributed by atoms with Crippen molar-refractivity contribution in [2.24, 2.45) is 0 Å². The molecule has 0 fully saturated rings. The Morgan fingerprint density at radius 3 is 2.14 bits per heavy atom. The van der Waals surface area contributed by atoms with Gasteiger partial charge in [0.1, 0.15) is 11.6 Å². The number of hydrogen-bond acceptors (Lipinski definition) is 1. The minimum atomic E-state index is -4.86. The van der Waals surface area contributed by atoms with Gasteiger partial charge in [-0.3, -0.25) is 4.79 Å². The zero-order valence-electron chi connectivity index (χ0n) is 10.5. The van der Waals surface area contributed by atoms with Crippen LogP contribution in [0.5, 0.6) is 0 Å². The standard InChI is InChI=1S/C15H9F5O/c16-11-4-1-9(2-5-11)7-14(21)10-3-6-13(17)12(8-10)15(18,19)20/h1-6,8H,7H2. The molecule has 0 amide bonds. The number of carbonyl (C=O) groups is 1. The van der Waals surface area contributed by atoms with Gasteiger partial charge in [-0.2, -0.15) is 13.2 Å². The second kappa shape index (κ2) is 5.63. The Labute approximate surface area is 117 Å². The lowest BCUT2D eigenvalue weighted by Crippen LogP contribution is -2.11. The number of ketones is 1. The third-order valence-corrected chi connectivity index (χ3v) is 2.87. The van der Waals surface area contributed by atoms with Gasteiger partial charge in [0.15, 0.2) is 5.78 Å². The van der Waals surface area contributed by atoms with E-state index >= 15 is 0 Å². The Bertz CT molecular complexity index is 659. The molecule has 0 N–H and O–H groups in total. The number of carbonyl (C=O) groups excluding carboxylic acids is 1. The van der Waals surface area contributed by atoms with Crippen molar-refractivity contribution in [3.05, 3.63) is 70.8 Å². The van der Waals surface area contributed by atoms with Crippen molar-refractivity contribution in [2.45, 2.75) is 12.6 Å². The van der Waals surface area contributed by atoms with Gasteiger partial charge in [-0.25, -0.2) is 8.78 Å². The first-order chi connectivity index (χ1) is 9.77. The maximum absolute atomic E-state index is 13.1. The van der Waals surface area contributed by atoms with Crippen LogP contribution in [-0.2, 0) is 12.6 Å². The minimum absolute atomic E-state index is 0.191. The summed E-state index contributed by atoms with van der Waals surface area (Å²) in [5, 5.41) is 0. The Balaban J connectivity index is 2.25. The van der Waals surface area contributed by atoms with Crippen LogP contribution >= 0.6 is 0 Å². The third kappa shape index (κ3) is 3.65. The first kappa shape index (κ1) is 15.2. The molecule has 0 spiro atoms. The maximum Gasteiger partial charge on any atom is 0.419 e. The maximum atomic E-state index is 13.1. The molecule has 2 aromatic rings. The number of hydrogen-bond donors (Lipinski definition) is 0. The average Bonchev–Trinajstić information content (AvgIpc) is 2.40. The van der Waals surface area contributed by atoms with Gasteiger partial charge in [0, 0.05) is 12.0 Å². The molecule has 0 aromatic heterocycles. The molecule has 0 aliphatic carbocycles. The van der Waals surface area contributed by atoms with Gasteiger partial charge in [-0.05, 0) is 35.9 Å². The fourth-order valence-corrected chi connectivity index (χ4v) is 1.81. The summed E-state index contributed by atoms with van der Waals surface area (Å²) < 4.78 is 63.6. The summed E-state index contributed by atoms with van der Waals surface area (Å²) >= 11 is 0. The van der Waals surface area contributed by atoms with E-state index in [9.17, 15) is 26.7 Å². The predicted molar refractivity (Wildman–Crippen MR) is 65.8 cm³/mol. The zero-order valence-corrected chi connectivity index (χ0v) is 10.5. The van der Waals surface area contributed by atoms with E-state index in [-0.39, 0.29) is 12.0 Å². The van der Waals surface area contributed by atoms with Crippen LogP contribution in [0.3, 0.4) is 0 Å². The molecular weight excluding hydrogens is 291 g/mol. The molecule has 2 aromatic carbocycles. The summed E-state index contributed by atoms with van der Waals surface area (Å²) in [6.45, 7) is 0. The van der Waals surface area contributed by atoms with Crippen LogP contribution in [-0.4, -0.2) is 5.78 Å². The normalized spacial score (nSPS) is 11.5. The zero-order chi connectivity index (χ0) is 15.6. The van der Waals surface area contributed by atoms with Crippen molar-refractivity contribution in [2.75, 3.05) is 0 Å². The Morgan fingerprint density at radius 1 is 0.952 bits per heavy atom. The lowest BCUT2D eigenvalue weighted by Gasteiger charge is -2.09. The highest BCUT2D eigenvalue weighted by molar-refractivity contribution is 5.97. The summed E-state index contributed by atoms with van der Waals surface area (Å²) in [7, 11) is 0. The minimum Gasteiger partial charge on any atom is -0.294 e. The van der Waals surface area contributed by atoms with E-state index < -0.39 is 29.2 Å². The quantitative estimate of drug-likeness (QED) is 0.606. The van der Waals surface area contributed by atoms with Crippen LogP contribution in [0.1, 0.15) is 21.5 Å². The van der Waals surface area contributed by atoms with Crippen LogP contribution in [0, 0.1) is 11.6 Å². The van der Waals surface area contributed by atoms with Crippen LogP contribution < -0.4 is 0 Å². The molecule has 0 saturated carbocycles. The highest BCUT2D eigenvalue weighted by Crippen LogP contribution is 2.32. The van der Waals surface area contributed by atoms with E-state index in [1.54, 1.807) is 0 Å². The summed E-state index contributed by atoms with van der Waals surface area (Å²) in [4.78, 5) is 11.9. The van der Waals surface area contributed by atoms with Gasteiger partial charge < -0.3 is 0 Å². The van der Waals surface area contributed by atoms with E-state index in [0.717, 1.165) is 18.2 Å². The molecule has 0 heterocycles. The van der Waals surface area contributed by atoms with Crippen LogP contribution in [0.4, 0.5) is 22.0 Å². The lowest BCUT2D eigenvalue weighted by atomic mass is 10.0. The summed E-state index contributed by atoms with van der Waals surface area (Å²) in [6.07, 6.45) is -5.06. The largest absolute Gasteiger partial charge is 0.419 e. The molecule has 0 atom stereocenters. The predicted octanol–water partition coefficient (Wildman–Crippen LogP) is 4.41. The molecule has 0 aliphatic heterocycles. The topological polar surface area (TPSA) is 17.1 Å². The summed E-state index contributed by atoms with van der Waals surface area (Å²) in [6, 6.07) is 7.12. The first-order valence-electron chi connectivity index (χ1n) is 5.92. The molecule has 0 saturated heterocycles. The fourth-order valence-electron chi connectivity index (χ4n) is 1.81. The smallest absolute Gasteiger partial charge is 0.294 e. The van der Waals surface area contributed by atoms with Gasteiger partial charge >= 0.3 is 6.18 Å². The molecule has 2 rings (SSSR count). The van der Waals surface area contributed by atoms with Crippen molar-refractivity contribution in [3.63, 3.8) is 0 Å². The monoisotopic (exact) mass is 300 g/mol. The van der Waals surface area contributed by atoms with E-state index in [1.807, 2.05) is 0 Å². The van der Waals surface area contributed by atoms with Crippen molar-refractivity contribution in [3.8, 4) is 0 Å². The van der Waals surface area contributed by atoms with Crippen molar-refractivity contribution < 1.29 is 26.7 Å². The SMILES string of the molecule is O=C(Cc1ccc(F)cc1)c1ccc(F)c(C(F)(F)F)c1. The first-order valence-corrected chi connectivity index (χ1v) is 5.92. The number of benzene rings is 2. The Hall–Kier alpha value is -2.24. The molecular formula is C15H9F5O. The molecule has 0 aliphatic rings. The summed E-state index contributed by atoms with van der Waals surface area (Å²) in [5.41, 5.74) is -1.26. The van der Waals surface area contributed by atoms with Crippen molar-refractivity contribution in [1.29, 1.82) is 0 Å². The van der Waals surface area contributed by atoms with Crippen LogP contribution in [0.2, 0.25) is 0 Å². The van der Waals surface area contributed by atoms with Gasteiger partial charge in [-0.15, -0.1) is 0 Å². The summed E-state index contributed by atoms with van der Waals surface area (Å²) in [5.74, 6) is -2.51. The van der Waals surface area contributed by atoms with Gasteiger partial charge in [-0.1, -0.05) is 12.1 Å². The van der Waals surface area contributed by atoms with Gasteiger partial charge in [0.25, 0.3) is 0 Å². The second-order valence-electron chi connectivity index (χ2n) is 4.42. The molecule has 0 bridgehead atoms. The molecule has 0 radical (unpaired) electrons. The van der Waals surface area contributed by atoms with Crippen molar-refractivity contribution >= 4 is 5.78 Å². The van der Waals surface area contributed by atoms with Crippen LogP contribution in [0.25, 0.3) is 0 Å². The molecule has 1 nitrogen and oxygen atoms in total. The van der Waals surface area contributed by atoms with E-state index in [4.69, 9.17) is 0 Å². The molecule has 110 valence electrons. The highest BCUT2D eigenvalue weighted by atomic mass is 19.4. The van der Waals surface area contributed by atoms with E-state index in [0.29, 0.717) is 17.7 Å². The van der Waals surface area contributed by atoms with Gasteiger partial charge in [0.05, 0.1) is 5.56 Å². The average molecular weight is 300 g/mol. The second-order valence-corrected chi connectivity index (χ2v) is 4.42. The van der Waals surface area contributed by atoms with E-state index in [1.165, 1.54) is 12.1 Å². The number of rotatable bonds is 3. The van der Waals surface area contributed by atoms with E-state index in [2.05, 4.69) is 0 Å². The third-order valence-electron chi connectivity index (χ3n) is 2.87. The fraction of sp³-hybridized carbons (Fsp3) is 0.133. The Morgan fingerprint density at radius 2 is 1.57 bits per heavy atom. The van der Waals surface area contributed by atoms with Crippen LogP contribution in [0.15, 0.2) is 42.5 Å². The number of alkyl halides is 3. The number of Topliss-reactive ketones (excluding diaryl/α,β-unsaturated/α-hetero) is 1. The molecule has 0 unspecified atom stereocenters. The highest BCUT2D eigenvalue weighted by Gasteiger charge is 2.34. The van der Waals surface area contributed by atoms with Crippen molar-refractivity contribution in [1.82, 2.24) is 0 Å². The van der Waals surface area contributed by atoms with Gasteiger partial charge in [0.2, 0.25) is 0 Å².